The van der Waals surface area contributed by atoms with Crippen molar-refractivity contribution in [2.24, 2.45) is 17.8 Å². The zero-order valence-corrected chi connectivity index (χ0v) is 21.9. The Kier molecular flexibility index (Phi) is 6.68. The molecule has 0 aromatic heterocycles. The highest BCUT2D eigenvalue weighted by molar-refractivity contribution is 7.92. The fourth-order valence-corrected chi connectivity index (χ4v) is 8.66. The van der Waals surface area contributed by atoms with E-state index in [9.17, 15) is 26.8 Å². The van der Waals surface area contributed by atoms with Gasteiger partial charge in [0.05, 0.1) is 21.7 Å². The van der Waals surface area contributed by atoms with Crippen molar-refractivity contribution in [2.75, 3.05) is 11.9 Å². The highest BCUT2D eigenvalue weighted by Gasteiger charge is 2.54. The summed E-state index contributed by atoms with van der Waals surface area (Å²) in [5.74, 6) is -2.57. The number of hydrogen-bond donors (Lipinski definition) is 1. The molecule has 6 atom stereocenters. The van der Waals surface area contributed by atoms with Crippen molar-refractivity contribution in [3.05, 3.63) is 58.6 Å². The van der Waals surface area contributed by atoms with Crippen LogP contribution in [0.4, 0.5) is 19.3 Å². The number of cyclic esters (lactones) is 1. The smallest absolute Gasteiger partial charge is 0.410 e. The molecule has 2 bridgehead atoms. The fourth-order valence-electron chi connectivity index (χ4n) is 6.25. The van der Waals surface area contributed by atoms with E-state index in [0.717, 1.165) is 18.6 Å². The maximum atomic E-state index is 13.8. The summed E-state index contributed by atoms with van der Waals surface area (Å²) in [5, 5.41) is 1.74. The van der Waals surface area contributed by atoms with E-state index >= 15 is 0 Å². The molecular weight excluding hydrogens is 526 g/mol. The summed E-state index contributed by atoms with van der Waals surface area (Å²) in [4.78, 5) is 26.8. The normalized spacial score (nSPS) is 29.3. The number of anilines is 1. The highest BCUT2D eigenvalue weighted by Crippen LogP contribution is 2.51. The van der Waals surface area contributed by atoms with Crippen molar-refractivity contribution in [3.63, 3.8) is 0 Å². The minimum absolute atomic E-state index is 0.00356. The second-order valence-corrected chi connectivity index (χ2v) is 12.9. The zero-order valence-electron chi connectivity index (χ0n) is 20.3. The van der Waals surface area contributed by atoms with Gasteiger partial charge in [0, 0.05) is 23.4 Å². The van der Waals surface area contributed by atoms with Gasteiger partial charge < -0.3 is 15.0 Å². The zero-order chi connectivity index (χ0) is 26.6. The van der Waals surface area contributed by atoms with Gasteiger partial charge in [0.25, 0.3) is 5.91 Å². The molecule has 1 N–H and O–H groups in total. The number of carbonyl (C=O) groups excluding carboxylic acids is 2. The molecule has 1 aliphatic heterocycles. The Morgan fingerprint density at radius 1 is 1.08 bits per heavy atom. The molecule has 2 aliphatic carbocycles. The summed E-state index contributed by atoms with van der Waals surface area (Å²) in [7, 11) is -3.91. The minimum Gasteiger partial charge on any atom is -0.444 e. The van der Waals surface area contributed by atoms with E-state index in [2.05, 4.69) is 12.2 Å². The van der Waals surface area contributed by atoms with Crippen molar-refractivity contribution < 1.29 is 31.5 Å². The molecule has 11 heteroatoms. The van der Waals surface area contributed by atoms with Gasteiger partial charge >= 0.3 is 6.09 Å². The molecule has 5 rings (SSSR count). The Hall–Kier alpha value is -2.72. The standard InChI is InChI=1S/C26H27ClF2N2O5S/c1-13-7-16-8-18(11-19(13)24(16)31-12-14(2)36-26(31)33)37(34,35)23-9-15(3-5-20(23)27)25(32)30-17-4-6-21(28)22(29)10-17/h3-6,9-10,13-14,16,18-19,24H,7-8,11-12H2,1-2H3,(H,30,32)/t13-,14+,16?,18?,19?,24?/m0/s1. The summed E-state index contributed by atoms with van der Waals surface area (Å²) in [6, 6.07) is 6.82. The SMILES string of the molecule is C[C@@H]1CN(C2C3CC(S(=O)(=O)c4cc(C(=O)Nc5ccc(F)c(F)c5)ccc4Cl)CC2[C@@H](C)C3)C(=O)O1. The van der Waals surface area contributed by atoms with Crippen LogP contribution in [0.2, 0.25) is 5.02 Å². The molecule has 0 radical (unpaired) electrons. The Morgan fingerprint density at radius 2 is 1.84 bits per heavy atom. The molecule has 198 valence electrons. The lowest BCUT2D eigenvalue weighted by atomic mass is 9.81. The van der Waals surface area contributed by atoms with Gasteiger partial charge in [0.1, 0.15) is 6.10 Å². The van der Waals surface area contributed by atoms with Crippen molar-refractivity contribution in [1.82, 2.24) is 4.90 Å². The van der Waals surface area contributed by atoms with E-state index in [1.807, 2.05) is 6.92 Å². The van der Waals surface area contributed by atoms with Crippen molar-refractivity contribution >= 4 is 39.1 Å². The number of ether oxygens (including phenoxy) is 1. The lowest BCUT2D eigenvalue weighted by Gasteiger charge is -2.39. The van der Waals surface area contributed by atoms with Crippen molar-refractivity contribution in [2.45, 2.75) is 55.4 Å². The minimum atomic E-state index is -3.91. The lowest BCUT2D eigenvalue weighted by Crippen LogP contribution is -2.49. The molecule has 4 unspecified atom stereocenters. The summed E-state index contributed by atoms with van der Waals surface area (Å²) < 4.78 is 59.6. The third kappa shape index (κ3) is 4.69. The summed E-state index contributed by atoms with van der Waals surface area (Å²) >= 11 is 6.32. The van der Waals surface area contributed by atoms with Crippen LogP contribution in [-0.4, -0.2) is 49.3 Å². The Morgan fingerprint density at radius 3 is 2.49 bits per heavy atom. The number of carbonyl (C=O) groups is 2. The van der Waals surface area contributed by atoms with E-state index in [-0.39, 0.29) is 57.2 Å². The average molecular weight is 553 g/mol. The molecule has 2 aromatic rings. The van der Waals surface area contributed by atoms with E-state index in [1.165, 1.54) is 24.3 Å². The molecule has 3 fully saturated rings. The van der Waals surface area contributed by atoms with E-state index in [4.69, 9.17) is 16.3 Å². The van der Waals surface area contributed by atoms with Crippen molar-refractivity contribution in [1.29, 1.82) is 0 Å². The van der Waals surface area contributed by atoms with Crippen LogP contribution in [0, 0.1) is 29.4 Å². The number of benzene rings is 2. The van der Waals surface area contributed by atoms with Gasteiger partial charge in [0.15, 0.2) is 21.5 Å². The quantitative estimate of drug-likeness (QED) is 0.544. The van der Waals surface area contributed by atoms with Crippen molar-refractivity contribution in [3.8, 4) is 0 Å². The number of halogens is 3. The topological polar surface area (TPSA) is 92.8 Å². The first-order valence-electron chi connectivity index (χ1n) is 12.2. The summed E-state index contributed by atoms with van der Waals surface area (Å²) in [6.07, 6.45) is 1.05. The lowest BCUT2D eigenvalue weighted by molar-refractivity contribution is 0.102. The summed E-state index contributed by atoms with van der Waals surface area (Å²) in [5.41, 5.74) is 0.0495. The van der Waals surface area contributed by atoms with E-state index < -0.39 is 32.6 Å². The first-order chi connectivity index (χ1) is 17.5. The molecular formula is C26H27ClF2N2O5S. The monoisotopic (exact) mass is 552 g/mol. The molecule has 7 nitrogen and oxygen atoms in total. The molecule has 2 amide bonds. The molecule has 0 spiro atoms. The van der Waals surface area contributed by atoms with Gasteiger partial charge in [-0.3, -0.25) is 4.79 Å². The molecule has 2 aromatic carbocycles. The van der Waals surface area contributed by atoms with Gasteiger partial charge in [-0.1, -0.05) is 18.5 Å². The fraction of sp³-hybridized carbons (Fsp3) is 0.462. The molecule has 1 saturated heterocycles. The van der Waals surface area contributed by atoms with Crippen LogP contribution in [0.3, 0.4) is 0 Å². The molecule has 2 saturated carbocycles. The van der Waals surface area contributed by atoms with Crippen LogP contribution < -0.4 is 5.32 Å². The number of nitrogens with one attached hydrogen (secondary N) is 1. The number of sulfone groups is 1. The number of rotatable bonds is 5. The maximum Gasteiger partial charge on any atom is 0.410 e. The second-order valence-electron chi connectivity index (χ2n) is 10.3. The Labute approximate surface area is 219 Å². The predicted molar refractivity (Wildman–Crippen MR) is 133 cm³/mol. The van der Waals surface area contributed by atoms with Gasteiger partial charge in [-0.05, 0) is 74.3 Å². The third-order valence-corrected chi connectivity index (χ3v) is 10.5. The van der Waals surface area contributed by atoms with Gasteiger partial charge in [0.2, 0.25) is 0 Å². The van der Waals surface area contributed by atoms with Gasteiger partial charge in [-0.2, -0.15) is 0 Å². The largest absolute Gasteiger partial charge is 0.444 e. The molecule has 3 aliphatic rings. The van der Waals surface area contributed by atoms with E-state index in [1.54, 1.807) is 4.90 Å². The Bertz CT molecular complexity index is 1370. The van der Waals surface area contributed by atoms with Crippen LogP contribution >= 0.6 is 11.6 Å². The third-order valence-electron chi connectivity index (χ3n) is 7.89. The van der Waals surface area contributed by atoms with Crippen LogP contribution in [0.5, 0.6) is 0 Å². The highest BCUT2D eigenvalue weighted by atomic mass is 35.5. The number of fused-ring (bicyclic) bond motifs is 2. The maximum absolute atomic E-state index is 13.8. The number of nitrogens with zero attached hydrogens (tertiary/aromatic N) is 1. The Balaban J connectivity index is 1.38. The summed E-state index contributed by atoms with van der Waals surface area (Å²) in [6.45, 7) is 4.44. The van der Waals surface area contributed by atoms with Crippen LogP contribution in [0.25, 0.3) is 0 Å². The van der Waals surface area contributed by atoms with Gasteiger partial charge in [-0.15, -0.1) is 0 Å². The molecule has 37 heavy (non-hydrogen) atoms. The molecule has 1 heterocycles. The van der Waals surface area contributed by atoms with Crippen LogP contribution in [0.1, 0.15) is 43.5 Å². The first-order valence-corrected chi connectivity index (χ1v) is 14.1. The predicted octanol–water partition coefficient (Wildman–Crippen LogP) is 5.29. The first kappa shape index (κ1) is 25.9. The number of hydrogen-bond acceptors (Lipinski definition) is 5. The van der Waals surface area contributed by atoms with Gasteiger partial charge in [-0.25, -0.2) is 22.0 Å². The second kappa shape index (κ2) is 9.54. The van der Waals surface area contributed by atoms with Crippen LogP contribution in [-0.2, 0) is 14.6 Å². The van der Waals surface area contributed by atoms with Crippen LogP contribution in [0.15, 0.2) is 41.3 Å². The number of amides is 2. The average Bonchev–Trinajstić information content (AvgIpc) is 3.26. The van der Waals surface area contributed by atoms with E-state index in [0.29, 0.717) is 19.4 Å².